The number of carbonyl (C=O) groups excluding carboxylic acids is 1. The fourth-order valence-electron chi connectivity index (χ4n) is 3.33. The van der Waals surface area contributed by atoms with Crippen molar-refractivity contribution in [3.05, 3.63) is 63.9 Å². The van der Waals surface area contributed by atoms with E-state index in [4.69, 9.17) is 4.98 Å². The highest BCUT2D eigenvalue weighted by molar-refractivity contribution is 8.00. The second-order valence-corrected chi connectivity index (χ2v) is 9.87. The van der Waals surface area contributed by atoms with Gasteiger partial charge in [-0.1, -0.05) is 55.4 Å². The van der Waals surface area contributed by atoms with Crippen molar-refractivity contribution in [2.24, 2.45) is 5.92 Å². The number of amides is 1. The van der Waals surface area contributed by atoms with Gasteiger partial charge in [0.05, 0.1) is 27.9 Å². The fourth-order valence-corrected chi connectivity index (χ4v) is 4.25. The number of nitriles is 1. The smallest absolute Gasteiger partial charge is 0.266 e. The van der Waals surface area contributed by atoms with Gasteiger partial charge in [-0.3, -0.25) is 14.2 Å². The number of hydrogen-bond acceptors (Lipinski definition) is 5. The lowest BCUT2D eigenvalue weighted by Crippen LogP contribution is -2.51. The number of thioether (sulfide) groups is 1. The molecule has 1 aromatic heterocycles. The van der Waals surface area contributed by atoms with Crippen LogP contribution in [-0.2, 0) is 4.79 Å². The maximum absolute atomic E-state index is 13.5. The normalized spacial score (nSPS) is 14.1. The molecule has 2 aromatic carbocycles. The van der Waals surface area contributed by atoms with Crippen LogP contribution in [0, 0.1) is 31.1 Å². The van der Waals surface area contributed by atoms with Crippen molar-refractivity contribution in [3.8, 4) is 11.8 Å². The van der Waals surface area contributed by atoms with E-state index in [2.05, 4.69) is 11.4 Å². The first-order valence-corrected chi connectivity index (χ1v) is 11.4. The van der Waals surface area contributed by atoms with E-state index >= 15 is 0 Å². The summed E-state index contributed by atoms with van der Waals surface area (Å²) in [7, 11) is 0. The number of carbonyl (C=O) groups is 1. The van der Waals surface area contributed by atoms with Gasteiger partial charge in [-0.05, 0) is 57.4 Å². The Kier molecular flexibility index (Phi) is 6.75. The van der Waals surface area contributed by atoms with Crippen LogP contribution in [0.3, 0.4) is 0 Å². The summed E-state index contributed by atoms with van der Waals surface area (Å²) in [5, 5.41) is 12.8. The summed E-state index contributed by atoms with van der Waals surface area (Å²) in [5.74, 6) is -0.330. The van der Waals surface area contributed by atoms with Crippen molar-refractivity contribution >= 4 is 28.6 Å². The summed E-state index contributed by atoms with van der Waals surface area (Å²) < 4.78 is 1.58. The second-order valence-electron chi connectivity index (χ2n) is 8.56. The molecule has 166 valence electrons. The van der Waals surface area contributed by atoms with E-state index in [1.807, 2.05) is 58.0 Å². The van der Waals surface area contributed by atoms with E-state index in [1.165, 1.54) is 11.8 Å². The van der Waals surface area contributed by atoms with Gasteiger partial charge in [-0.15, -0.1) is 0 Å². The Bertz CT molecular complexity index is 1280. The molecule has 6 nitrogen and oxygen atoms in total. The average molecular weight is 449 g/mol. The molecule has 0 saturated carbocycles. The standard InChI is InChI=1S/C25H28N4O2S/c1-15(2)25(6,14-26)28-22(30)18(5)32-24-27-20-10-8-7-9-19(20)23(31)29(24)21-12-11-16(3)13-17(21)4/h7-13,15,18H,1-6H3,(H,28,30). The molecule has 3 rings (SSSR count). The van der Waals surface area contributed by atoms with Crippen LogP contribution in [0.15, 0.2) is 52.4 Å². The molecule has 0 radical (unpaired) electrons. The zero-order chi connectivity index (χ0) is 23.6. The molecule has 2 atom stereocenters. The SMILES string of the molecule is Cc1ccc(-n2c(SC(C)C(=O)NC(C)(C#N)C(C)C)nc3ccccc3c2=O)c(C)c1. The lowest BCUT2D eigenvalue weighted by atomic mass is 9.90. The maximum atomic E-state index is 13.5. The van der Waals surface area contributed by atoms with Crippen molar-refractivity contribution in [2.45, 2.75) is 57.5 Å². The number of aryl methyl sites for hydroxylation is 2. The highest BCUT2D eigenvalue weighted by Gasteiger charge is 2.32. The van der Waals surface area contributed by atoms with Gasteiger partial charge < -0.3 is 5.32 Å². The van der Waals surface area contributed by atoms with Crippen molar-refractivity contribution < 1.29 is 4.79 Å². The molecular weight excluding hydrogens is 420 g/mol. The summed E-state index contributed by atoms with van der Waals surface area (Å²) in [4.78, 5) is 31.1. The molecular formula is C25H28N4O2S. The Morgan fingerprint density at radius 2 is 1.88 bits per heavy atom. The number of nitrogens with one attached hydrogen (secondary N) is 1. The van der Waals surface area contributed by atoms with E-state index < -0.39 is 10.8 Å². The van der Waals surface area contributed by atoms with Gasteiger partial charge in [0.25, 0.3) is 5.56 Å². The summed E-state index contributed by atoms with van der Waals surface area (Å²) in [6, 6.07) is 15.3. The average Bonchev–Trinajstić information content (AvgIpc) is 2.74. The molecule has 0 bridgehead atoms. The van der Waals surface area contributed by atoms with E-state index in [0.717, 1.165) is 16.8 Å². The lowest BCUT2D eigenvalue weighted by molar-refractivity contribution is -0.121. The van der Waals surface area contributed by atoms with Gasteiger partial charge in [0.15, 0.2) is 5.16 Å². The fraction of sp³-hybridized carbons (Fsp3) is 0.360. The van der Waals surface area contributed by atoms with Crippen LogP contribution in [-0.4, -0.2) is 26.2 Å². The number of benzene rings is 2. The lowest BCUT2D eigenvalue weighted by Gasteiger charge is -2.28. The van der Waals surface area contributed by atoms with Crippen LogP contribution in [0.2, 0.25) is 0 Å². The van der Waals surface area contributed by atoms with E-state index in [-0.39, 0.29) is 17.4 Å². The van der Waals surface area contributed by atoms with Crippen LogP contribution in [0.5, 0.6) is 0 Å². The predicted molar refractivity (Wildman–Crippen MR) is 129 cm³/mol. The largest absolute Gasteiger partial charge is 0.337 e. The van der Waals surface area contributed by atoms with E-state index in [9.17, 15) is 14.9 Å². The third-order valence-electron chi connectivity index (χ3n) is 5.76. The highest BCUT2D eigenvalue weighted by atomic mass is 32.2. The first-order valence-electron chi connectivity index (χ1n) is 10.6. The molecule has 2 unspecified atom stereocenters. The number of hydrogen-bond donors (Lipinski definition) is 1. The highest BCUT2D eigenvalue weighted by Crippen LogP contribution is 2.27. The van der Waals surface area contributed by atoms with E-state index in [0.29, 0.717) is 16.1 Å². The molecule has 1 N–H and O–H groups in total. The number of para-hydroxylation sites is 1. The Hall–Kier alpha value is -3.11. The Labute approximate surface area is 192 Å². The first-order chi connectivity index (χ1) is 15.1. The maximum Gasteiger partial charge on any atom is 0.266 e. The van der Waals surface area contributed by atoms with Crippen LogP contribution < -0.4 is 10.9 Å². The Morgan fingerprint density at radius 1 is 1.19 bits per heavy atom. The molecule has 0 spiro atoms. The van der Waals surface area contributed by atoms with Crippen LogP contribution in [0.1, 0.15) is 38.8 Å². The summed E-state index contributed by atoms with van der Waals surface area (Å²) in [5.41, 5.74) is 2.20. The monoisotopic (exact) mass is 448 g/mol. The summed E-state index contributed by atoms with van der Waals surface area (Å²) in [6.45, 7) is 11.2. The zero-order valence-electron chi connectivity index (χ0n) is 19.3. The molecule has 32 heavy (non-hydrogen) atoms. The zero-order valence-corrected chi connectivity index (χ0v) is 20.1. The topological polar surface area (TPSA) is 87.8 Å². The first kappa shape index (κ1) is 23.6. The Morgan fingerprint density at radius 3 is 2.50 bits per heavy atom. The predicted octanol–water partition coefficient (Wildman–Crippen LogP) is 4.54. The minimum Gasteiger partial charge on any atom is -0.337 e. The van der Waals surface area contributed by atoms with Crippen LogP contribution in [0.25, 0.3) is 16.6 Å². The molecule has 0 aliphatic carbocycles. The Balaban J connectivity index is 2.09. The number of rotatable bonds is 6. The number of nitrogens with zero attached hydrogens (tertiary/aromatic N) is 3. The molecule has 1 heterocycles. The molecule has 0 fully saturated rings. The van der Waals surface area contributed by atoms with E-state index in [1.54, 1.807) is 30.5 Å². The van der Waals surface area contributed by atoms with Crippen molar-refractivity contribution in [2.75, 3.05) is 0 Å². The third kappa shape index (κ3) is 4.56. The number of fused-ring (bicyclic) bond motifs is 1. The van der Waals surface area contributed by atoms with Crippen molar-refractivity contribution in [1.82, 2.24) is 14.9 Å². The molecule has 0 aliphatic rings. The molecule has 1 amide bonds. The van der Waals surface area contributed by atoms with Crippen molar-refractivity contribution in [3.63, 3.8) is 0 Å². The van der Waals surface area contributed by atoms with Gasteiger partial charge in [0.2, 0.25) is 5.91 Å². The van der Waals surface area contributed by atoms with Gasteiger partial charge in [0, 0.05) is 0 Å². The minimum atomic E-state index is -0.976. The van der Waals surface area contributed by atoms with Gasteiger partial charge >= 0.3 is 0 Å². The van der Waals surface area contributed by atoms with Gasteiger partial charge in [0.1, 0.15) is 5.54 Å². The molecule has 0 aliphatic heterocycles. The third-order valence-corrected chi connectivity index (χ3v) is 6.81. The van der Waals surface area contributed by atoms with Crippen LogP contribution >= 0.6 is 11.8 Å². The molecule has 7 heteroatoms. The summed E-state index contributed by atoms with van der Waals surface area (Å²) in [6.07, 6.45) is 0. The number of aromatic nitrogens is 2. The van der Waals surface area contributed by atoms with Gasteiger partial charge in [-0.25, -0.2) is 4.98 Å². The van der Waals surface area contributed by atoms with Crippen LogP contribution in [0.4, 0.5) is 0 Å². The summed E-state index contributed by atoms with van der Waals surface area (Å²) >= 11 is 1.21. The second kappa shape index (κ2) is 9.17. The van der Waals surface area contributed by atoms with Crippen molar-refractivity contribution in [1.29, 1.82) is 5.26 Å². The minimum absolute atomic E-state index is 0.0548. The quantitative estimate of drug-likeness (QED) is 0.442. The van der Waals surface area contributed by atoms with Gasteiger partial charge in [-0.2, -0.15) is 5.26 Å². The molecule has 3 aromatic rings. The molecule has 0 saturated heterocycles.